The monoisotopic (exact) mass is 265 g/mol. The molecular weight excluding hydrogens is 238 g/mol. The second kappa shape index (κ2) is 6.51. The molecule has 0 aromatic carbocycles. The lowest BCUT2D eigenvalue weighted by atomic mass is 9.82. The SMILES string of the molecule is CCC(c1nc(C2CCCC(C)C2)no1)C(C)NC. The summed E-state index contributed by atoms with van der Waals surface area (Å²) in [6.45, 7) is 6.66. The van der Waals surface area contributed by atoms with Gasteiger partial charge in [0.2, 0.25) is 5.89 Å². The number of hydrogen-bond donors (Lipinski definition) is 1. The quantitative estimate of drug-likeness (QED) is 0.885. The Balaban J connectivity index is 2.09. The highest BCUT2D eigenvalue weighted by atomic mass is 16.5. The molecule has 0 bridgehead atoms. The first-order valence-corrected chi connectivity index (χ1v) is 7.66. The van der Waals surface area contributed by atoms with Gasteiger partial charge in [-0.05, 0) is 39.2 Å². The standard InChI is InChI=1S/C15H27N3O/c1-5-13(11(3)16-4)15-17-14(18-19-15)12-8-6-7-10(2)9-12/h10-13,16H,5-9H2,1-4H3. The van der Waals surface area contributed by atoms with Crippen LogP contribution in [0, 0.1) is 5.92 Å². The van der Waals surface area contributed by atoms with Gasteiger partial charge in [0, 0.05) is 12.0 Å². The van der Waals surface area contributed by atoms with Gasteiger partial charge in [0.25, 0.3) is 0 Å². The molecule has 1 aromatic rings. The number of aromatic nitrogens is 2. The van der Waals surface area contributed by atoms with Gasteiger partial charge in [-0.2, -0.15) is 4.98 Å². The molecule has 0 spiro atoms. The van der Waals surface area contributed by atoms with Gasteiger partial charge in [-0.25, -0.2) is 0 Å². The van der Waals surface area contributed by atoms with Crippen LogP contribution in [0.15, 0.2) is 4.52 Å². The van der Waals surface area contributed by atoms with Crippen LogP contribution in [0.1, 0.15) is 76.4 Å². The Kier molecular flexibility index (Phi) is 4.97. The molecule has 4 nitrogen and oxygen atoms in total. The van der Waals surface area contributed by atoms with Gasteiger partial charge in [-0.15, -0.1) is 0 Å². The second-order valence-electron chi connectivity index (χ2n) is 6.05. The molecule has 1 fully saturated rings. The summed E-state index contributed by atoms with van der Waals surface area (Å²) < 4.78 is 5.53. The molecule has 19 heavy (non-hydrogen) atoms. The molecule has 0 radical (unpaired) electrons. The van der Waals surface area contributed by atoms with E-state index in [0.717, 1.165) is 24.1 Å². The van der Waals surface area contributed by atoms with Crippen molar-refractivity contribution in [3.8, 4) is 0 Å². The summed E-state index contributed by atoms with van der Waals surface area (Å²) in [6, 6.07) is 0.364. The molecule has 108 valence electrons. The van der Waals surface area contributed by atoms with Crippen LogP contribution in [-0.4, -0.2) is 23.2 Å². The molecule has 1 heterocycles. The molecule has 2 rings (SSSR count). The number of nitrogens with zero attached hydrogens (tertiary/aromatic N) is 2. The van der Waals surface area contributed by atoms with Gasteiger partial charge >= 0.3 is 0 Å². The molecular formula is C15H27N3O. The molecule has 1 aromatic heterocycles. The van der Waals surface area contributed by atoms with E-state index in [1.807, 2.05) is 7.05 Å². The normalized spacial score (nSPS) is 27.2. The van der Waals surface area contributed by atoms with Gasteiger partial charge in [0.15, 0.2) is 5.82 Å². The Morgan fingerprint density at radius 1 is 1.42 bits per heavy atom. The molecule has 1 aliphatic rings. The minimum absolute atomic E-state index is 0.312. The van der Waals surface area contributed by atoms with E-state index in [9.17, 15) is 0 Å². The Labute approximate surface area is 116 Å². The Hall–Kier alpha value is -0.900. The highest BCUT2D eigenvalue weighted by Crippen LogP contribution is 2.35. The fraction of sp³-hybridized carbons (Fsp3) is 0.867. The van der Waals surface area contributed by atoms with Gasteiger partial charge < -0.3 is 9.84 Å². The van der Waals surface area contributed by atoms with Gasteiger partial charge in [-0.1, -0.05) is 31.8 Å². The molecule has 4 atom stereocenters. The van der Waals surface area contributed by atoms with Crippen molar-refractivity contribution < 1.29 is 4.52 Å². The average molecular weight is 265 g/mol. The van der Waals surface area contributed by atoms with Gasteiger partial charge in [0.05, 0.1) is 5.92 Å². The smallest absolute Gasteiger partial charge is 0.231 e. The lowest BCUT2D eigenvalue weighted by Gasteiger charge is -2.24. The predicted octanol–water partition coefficient (Wildman–Crippen LogP) is 3.46. The summed E-state index contributed by atoms with van der Waals surface area (Å²) in [5.74, 6) is 3.34. The average Bonchev–Trinajstić information content (AvgIpc) is 2.89. The van der Waals surface area contributed by atoms with Crippen LogP contribution in [0.5, 0.6) is 0 Å². The van der Waals surface area contributed by atoms with E-state index in [0.29, 0.717) is 17.9 Å². The minimum Gasteiger partial charge on any atom is -0.339 e. The molecule has 0 amide bonds. The number of rotatable bonds is 5. The third-order valence-electron chi connectivity index (χ3n) is 4.57. The molecule has 4 heteroatoms. The summed E-state index contributed by atoms with van der Waals surface area (Å²) in [4.78, 5) is 4.69. The van der Waals surface area contributed by atoms with Gasteiger partial charge in [0.1, 0.15) is 0 Å². The van der Waals surface area contributed by atoms with Crippen molar-refractivity contribution >= 4 is 0 Å². The Bertz CT molecular complexity index is 390. The maximum Gasteiger partial charge on any atom is 0.231 e. The highest BCUT2D eigenvalue weighted by molar-refractivity contribution is 5.02. The first-order chi connectivity index (χ1) is 9.15. The zero-order valence-electron chi connectivity index (χ0n) is 12.6. The van der Waals surface area contributed by atoms with Crippen molar-refractivity contribution in [1.82, 2.24) is 15.5 Å². The predicted molar refractivity (Wildman–Crippen MR) is 76.2 cm³/mol. The lowest BCUT2D eigenvalue weighted by molar-refractivity contribution is 0.305. The van der Waals surface area contributed by atoms with Crippen molar-refractivity contribution in [2.75, 3.05) is 7.05 Å². The largest absolute Gasteiger partial charge is 0.339 e. The van der Waals surface area contributed by atoms with Gasteiger partial charge in [-0.3, -0.25) is 0 Å². The van der Waals surface area contributed by atoms with E-state index in [-0.39, 0.29) is 0 Å². The third-order valence-corrected chi connectivity index (χ3v) is 4.57. The summed E-state index contributed by atoms with van der Waals surface area (Å²) in [6.07, 6.45) is 6.07. The van der Waals surface area contributed by atoms with Crippen molar-refractivity contribution in [3.63, 3.8) is 0 Å². The lowest BCUT2D eigenvalue weighted by Crippen LogP contribution is -2.28. The highest BCUT2D eigenvalue weighted by Gasteiger charge is 2.27. The zero-order chi connectivity index (χ0) is 13.8. The molecule has 1 saturated carbocycles. The first-order valence-electron chi connectivity index (χ1n) is 7.66. The molecule has 1 aliphatic carbocycles. The zero-order valence-corrected chi connectivity index (χ0v) is 12.6. The topological polar surface area (TPSA) is 51.0 Å². The van der Waals surface area contributed by atoms with Crippen molar-refractivity contribution in [3.05, 3.63) is 11.7 Å². The van der Waals surface area contributed by atoms with Crippen LogP contribution in [0.4, 0.5) is 0 Å². The Morgan fingerprint density at radius 2 is 2.21 bits per heavy atom. The number of hydrogen-bond acceptors (Lipinski definition) is 4. The summed E-state index contributed by atoms with van der Waals surface area (Å²) >= 11 is 0. The van der Waals surface area contributed by atoms with E-state index in [1.54, 1.807) is 0 Å². The van der Waals surface area contributed by atoms with E-state index in [2.05, 4.69) is 31.2 Å². The molecule has 0 aliphatic heterocycles. The van der Waals surface area contributed by atoms with Crippen LogP contribution in [0.25, 0.3) is 0 Å². The van der Waals surface area contributed by atoms with Crippen molar-refractivity contribution in [1.29, 1.82) is 0 Å². The van der Waals surface area contributed by atoms with Crippen LogP contribution in [-0.2, 0) is 0 Å². The van der Waals surface area contributed by atoms with E-state index >= 15 is 0 Å². The van der Waals surface area contributed by atoms with E-state index in [4.69, 9.17) is 9.51 Å². The van der Waals surface area contributed by atoms with Crippen LogP contribution in [0.3, 0.4) is 0 Å². The van der Waals surface area contributed by atoms with Crippen LogP contribution >= 0.6 is 0 Å². The first kappa shape index (κ1) is 14.5. The van der Waals surface area contributed by atoms with Crippen molar-refractivity contribution in [2.45, 2.75) is 70.8 Å². The fourth-order valence-corrected chi connectivity index (χ4v) is 3.18. The number of nitrogens with one attached hydrogen (secondary N) is 1. The Morgan fingerprint density at radius 3 is 2.84 bits per heavy atom. The van der Waals surface area contributed by atoms with Crippen molar-refractivity contribution in [2.24, 2.45) is 5.92 Å². The van der Waals surface area contributed by atoms with Crippen LogP contribution < -0.4 is 5.32 Å². The number of likely N-dealkylation sites (N-methyl/N-ethyl adjacent to an activating group) is 1. The molecule has 0 saturated heterocycles. The maximum atomic E-state index is 5.53. The fourth-order valence-electron chi connectivity index (χ4n) is 3.18. The van der Waals surface area contributed by atoms with E-state index in [1.165, 1.54) is 25.7 Å². The summed E-state index contributed by atoms with van der Waals surface area (Å²) in [5, 5.41) is 7.53. The summed E-state index contributed by atoms with van der Waals surface area (Å²) in [7, 11) is 1.98. The molecule has 4 unspecified atom stereocenters. The maximum absolute atomic E-state index is 5.53. The van der Waals surface area contributed by atoms with Crippen LogP contribution in [0.2, 0.25) is 0 Å². The summed E-state index contributed by atoms with van der Waals surface area (Å²) in [5.41, 5.74) is 0. The minimum atomic E-state index is 0.312. The third kappa shape index (κ3) is 3.35. The van der Waals surface area contributed by atoms with E-state index < -0.39 is 0 Å². The molecule has 1 N–H and O–H groups in total. The second-order valence-corrected chi connectivity index (χ2v) is 6.05.